The van der Waals surface area contributed by atoms with Crippen molar-refractivity contribution in [1.82, 2.24) is 10.2 Å². The minimum absolute atomic E-state index is 0.501. The third kappa shape index (κ3) is 3.61. The van der Waals surface area contributed by atoms with Crippen molar-refractivity contribution in [2.75, 3.05) is 13.1 Å². The summed E-state index contributed by atoms with van der Waals surface area (Å²) in [6, 6.07) is 1.87. The van der Waals surface area contributed by atoms with Crippen molar-refractivity contribution in [3.63, 3.8) is 0 Å². The lowest BCUT2D eigenvalue weighted by molar-refractivity contribution is 0.0564. The van der Waals surface area contributed by atoms with Crippen LogP contribution in [-0.4, -0.2) is 36.1 Å². The van der Waals surface area contributed by atoms with E-state index in [0.717, 1.165) is 12.5 Å². The molecule has 0 bridgehead atoms. The van der Waals surface area contributed by atoms with Gasteiger partial charge in [0.25, 0.3) is 0 Å². The third-order valence-electron chi connectivity index (χ3n) is 5.28. The molecule has 19 heavy (non-hydrogen) atoms. The minimum Gasteiger partial charge on any atom is -0.311 e. The SMILES string of the molecule is C=CC(C)N1CC(C2CCCCC2)NCC1C(C)C. The average Bonchev–Trinajstić information content (AvgIpc) is 2.46. The zero-order valence-electron chi connectivity index (χ0n) is 13.1. The highest BCUT2D eigenvalue weighted by molar-refractivity contribution is 4.97. The fourth-order valence-corrected chi connectivity index (χ4v) is 3.89. The summed E-state index contributed by atoms with van der Waals surface area (Å²) >= 11 is 0. The maximum atomic E-state index is 4.01. The molecule has 2 aliphatic rings. The molecule has 0 radical (unpaired) electrons. The van der Waals surface area contributed by atoms with Gasteiger partial charge in [-0.15, -0.1) is 6.58 Å². The van der Waals surface area contributed by atoms with Gasteiger partial charge in [0.1, 0.15) is 0 Å². The van der Waals surface area contributed by atoms with Gasteiger partial charge >= 0.3 is 0 Å². The van der Waals surface area contributed by atoms with Crippen molar-refractivity contribution < 1.29 is 0 Å². The summed E-state index contributed by atoms with van der Waals surface area (Å²) in [7, 11) is 0. The highest BCUT2D eigenvalue weighted by atomic mass is 15.3. The Hall–Kier alpha value is -0.340. The van der Waals surface area contributed by atoms with E-state index in [2.05, 4.69) is 43.6 Å². The Morgan fingerprint density at radius 1 is 1.16 bits per heavy atom. The average molecular weight is 264 g/mol. The fraction of sp³-hybridized carbons (Fsp3) is 0.882. The smallest absolute Gasteiger partial charge is 0.0251 e. The van der Waals surface area contributed by atoms with E-state index >= 15 is 0 Å². The molecule has 0 aromatic rings. The summed E-state index contributed by atoms with van der Waals surface area (Å²) in [4.78, 5) is 2.69. The molecular formula is C17H32N2. The minimum atomic E-state index is 0.501. The summed E-state index contributed by atoms with van der Waals surface area (Å²) in [5.41, 5.74) is 0. The molecule has 1 aliphatic carbocycles. The first kappa shape index (κ1) is 15.1. The summed E-state index contributed by atoms with van der Waals surface area (Å²) in [5, 5.41) is 3.85. The summed E-state index contributed by atoms with van der Waals surface area (Å²) in [6.45, 7) is 13.3. The van der Waals surface area contributed by atoms with E-state index in [1.807, 2.05) is 0 Å². The number of nitrogens with one attached hydrogen (secondary N) is 1. The summed E-state index contributed by atoms with van der Waals surface area (Å²) < 4.78 is 0. The lowest BCUT2D eigenvalue weighted by atomic mass is 9.82. The Balaban J connectivity index is 2.01. The van der Waals surface area contributed by atoms with Crippen LogP contribution < -0.4 is 5.32 Å². The predicted octanol–water partition coefficient (Wildman–Crippen LogP) is 3.44. The number of nitrogens with zero attached hydrogens (tertiary/aromatic N) is 1. The molecule has 1 saturated heterocycles. The first-order valence-electron chi connectivity index (χ1n) is 8.25. The van der Waals surface area contributed by atoms with Gasteiger partial charge in [-0.25, -0.2) is 0 Å². The van der Waals surface area contributed by atoms with Gasteiger partial charge in [-0.05, 0) is 31.6 Å². The van der Waals surface area contributed by atoms with Gasteiger partial charge in [-0.3, -0.25) is 4.90 Å². The molecule has 1 N–H and O–H groups in total. The second-order valence-electron chi connectivity index (χ2n) is 6.90. The van der Waals surface area contributed by atoms with E-state index in [9.17, 15) is 0 Å². The zero-order chi connectivity index (χ0) is 13.8. The van der Waals surface area contributed by atoms with Gasteiger partial charge in [0.15, 0.2) is 0 Å². The number of hydrogen-bond acceptors (Lipinski definition) is 2. The van der Waals surface area contributed by atoms with Gasteiger partial charge < -0.3 is 5.32 Å². The molecule has 110 valence electrons. The molecule has 2 fully saturated rings. The van der Waals surface area contributed by atoms with Crippen molar-refractivity contribution in [2.45, 2.75) is 71.0 Å². The Morgan fingerprint density at radius 3 is 2.42 bits per heavy atom. The van der Waals surface area contributed by atoms with E-state index < -0.39 is 0 Å². The largest absolute Gasteiger partial charge is 0.311 e. The maximum Gasteiger partial charge on any atom is 0.0251 e. The van der Waals surface area contributed by atoms with Crippen molar-refractivity contribution >= 4 is 0 Å². The highest BCUT2D eigenvalue weighted by Gasteiger charge is 2.35. The van der Waals surface area contributed by atoms with Gasteiger partial charge in [0.2, 0.25) is 0 Å². The Morgan fingerprint density at radius 2 is 1.84 bits per heavy atom. The molecule has 1 aliphatic heterocycles. The Kier molecular flexibility index (Phi) is 5.47. The standard InChI is InChI=1S/C17H32N2/c1-5-14(4)19-12-16(15-9-7-6-8-10-15)18-11-17(19)13(2)3/h5,13-18H,1,6-12H2,2-4H3. The molecule has 2 nitrogen and oxygen atoms in total. The van der Waals surface area contributed by atoms with Crippen molar-refractivity contribution in [2.24, 2.45) is 11.8 Å². The van der Waals surface area contributed by atoms with E-state index in [4.69, 9.17) is 0 Å². The normalized spacial score (nSPS) is 32.4. The molecule has 1 saturated carbocycles. The topological polar surface area (TPSA) is 15.3 Å². The van der Waals surface area contributed by atoms with Crippen LogP contribution in [0.25, 0.3) is 0 Å². The second kappa shape index (κ2) is 6.90. The van der Waals surface area contributed by atoms with Gasteiger partial charge in [0, 0.05) is 31.2 Å². The quantitative estimate of drug-likeness (QED) is 0.783. The van der Waals surface area contributed by atoms with E-state index in [0.29, 0.717) is 24.0 Å². The second-order valence-corrected chi connectivity index (χ2v) is 6.90. The lowest BCUT2D eigenvalue weighted by Gasteiger charge is -2.47. The summed E-state index contributed by atoms with van der Waals surface area (Å²) in [6.07, 6.45) is 9.30. The Bertz CT molecular complexity index is 281. The first-order valence-corrected chi connectivity index (χ1v) is 8.25. The predicted molar refractivity (Wildman–Crippen MR) is 83.4 cm³/mol. The van der Waals surface area contributed by atoms with E-state index in [-0.39, 0.29) is 0 Å². The van der Waals surface area contributed by atoms with Crippen LogP contribution in [0.5, 0.6) is 0 Å². The van der Waals surface area contributed by atoms with Crippen LogP contribution in [0.2, 0.25) is 0 Å². The summed E-state index contributed by atoms with van der Waals surface area (Å²) in [5.74, 6) is 1.61. The zero-order valence-corrected chi connectivity index (χ0v) is 13.1. The number of rotatable bonds is 4. The number of piperazine rings is 1. The van der Waals surface area contributed by atoms with Crippen LogP contribution in [0, 0.1) is 11.8 Å². The molecule has 3 atom stereocenters. The van der Waals surface area contributed by atoms with Crippen molar-refractivity contribution in [1.29, 1.82) is 0 Å². The van der Waals surface area contributed by atoms with Crippen molar-refractivity contribution in [3.8, 4) is 0 Å². The molecule has 0 aromatic carbocycles. The van der Waals surface area contributed by atoms with E-state index in [1.165, 1.54) is 38.6 Å². The molecule has 2 rings (SSSR count). The lowest BCUT2D eigenvalue weighted by Crippen LogP contribution is -2.62. The van der Waals surface area contributed by atoms with Crippen molar-refractivity contribution in [3.05, 3.63) is 12.7 Å². The monoisotopic (exact) mass is 264 g/mol. The maximum absolute atomic E-state index is 4.01. The molecule has 3 unspecified atom stereocenters. The molecular weight excluding hydrogens is 232 g/mol. The Labute approximate surface area is 119 Å². The highest BCUT2D eigenvalue weighted by Crippen LogP contribution is 2.30. The van der Waals surface area contributed by atoms with Crippen LogP contribution in [0.4, 0.5) is 0 Å². The number of hydrogen-bond donors (Lipinski definition) is 1. The van der Waals surface area contributed by atoms with Crippen LogP contribution in [0.1, 0.15) is 52.9 Å². The molecule has 0 amide bonds. The van der Waals surface area contributed by atoms with Crippen LogP contribution in [0.15, 0.2) is 12.7 Å². The van der Waals surface area contributed by atoms with E-state index in [1.54, 1.807) is 0 Å². The van der Waals surface area contributed by atoms with Gasteiger partial charge in [-0.1, -0.05) is 39.2 Å². The fourth-order valence-electron chi connectivity index (χ4n) is 3.89. The van der Waals surface area contributed by atoms with Crippen LogP contribution >= 0.6 is 0 Å². The third-order valence-corrected chi connectivity index (χ3v) is 5.28. The first-order chi connectivity index (χ1) is 9.13. The van der Waals surface area contributed by atoms with Gasteiger partial charge in [0.05, 0.1) is 0 Å². The van der Waals surface area contributed by atoms with Gasteiger partial charge in [-0.2, -0.15) is 0 Å². The molecule has 0 spiro atoms. The molecule has 1 heterocycles. The van der Waals surface area contributed by atoms with Crippen LogP contribution in [-0.2, 0) is 0 Å². The molecule has 2 heteroatoms. The van der Waals surface area contributed by atoms with Crippen LogP contribution in [0.3, 0.4) is 0 Å². The molecule has 0 aromatic heterocycles.